The van der Waals surface area contributed by atoms with Crippen molar-refractivity contribution in [3.63, 3.8) is 0 Å². The summed E-state index contributed by atoms with van der Waals surface area (Å²) in [5, 5.41) is 9.84. The minimum absolute atomic E-state index is 0.223. The monoisotopic (exact) mass is 498 g/mol. The van der Waals surface area contributed by atoms with E-state index in [2.05, 4.69) is 24.8 Å². The lowest BCUT2D eigenvalue weighted by molar-refractivity contribution is 0.0697. The first-order valence-electron chi connectivity index (χ1n) is 11.5. The molecule has 8 nitrogen and oxygen atoms in total. The number of hydrogen-bond donors (Lipinski definition) is 1. The fourth-order valence-corrected chi connectivity index (χ4v) is 4.35. The Morgan fingerprint density at radius 3 is 2.46 bits per heavy atom. The van der Waals surface area contributed by atoms with E-state index < -0.39 is 5.97 Å². The van der Waals surface area contributed by atoms with Crippen LogP contribution >= 0.6 is 11.6 Å². The fourth-order valence-electron chi connectivity index (χ4n) is 4.12. The van der Waals surface area contributed by atoms with Crippen LogP contribution < -0.4 is 4.90 Å². The number of carboxylic acids is 1. The zero-order chi connectivity index (χ0) is 24.8. The zero-order valence-electron chi connectivity index (χ0n) is 19.6. The van der Waals surface area contributed by atoms with Gasteiger partial charge in [-0.3, -0.25) is 19.8 Å². The minimum Gasteiger partial charge on any atom is -0.478 e. The van der Waals surface area contributed by atoms with Gasteiger partial charge >= 0.3 is 5.97 Å². The van der Waals surface area contributed by atoms with Crippen LogP contribution in [0.3, 0.4) is 0 Å². The predicted octanol–water partition coefficient (Wildman–Crippen LogP) is 3.71. The molecule has 0 atom stereocenters. The number of rotatable bonds is 9. The molecule has 1 saturated heterocycles. The molecule has 35 heavy (non-hydrogen) atoms. The molecular weight excluding hydrogens is 471 g/mol. The number of aromatic nitrogens is 3. The first kappa shape index (κ1) is 25.0. The minimum atomic E-state index is -0.968. The highest BCUT2D eigenvalue weighted by molar-refractivity contribution is 6.31. The Morgan fingerprint density at radius 2 is 1.80 bits per heavy atom. The summed E-state index contributed by atoms with van der Waals surface area (Å²) in [7, 11) is 0. The third-order valence-corrected chi connectivity index (χ3v) is 6.46. The van der Waals surface area contributed by atoms with Crippen molar-refractivity contribution in [1.29, 1.82) is 0 Å². The summed E-state index contributed by atoms with van der Waals surface area (Å²) in [5.74, 6) is -0.759. The van der Waals surface area contributed by atoms with Gasteiger partial charge in [-0.15, -0.1) is 0 Å². The van der Waals surface area contributed by atoms with Gasteiger partial charge in [-0.2, -0.15) is 0 Å². The molecule has 1 aromatic carbocycles. The van der Waals surface area contributed by atoms with Gasteiger partial charge in [-0.1, -0.05) is 24.6 Å². The Kier molecular flexibility index (Phi) is 8.22. The van der Waals surface area contributed by atoms with E-state index >= 15 is 0 Å². The molecule has 4 rings (SSSR count). The van der Waals surface area contributed by atoms with Crippen LogP contribution in [-0.2, 0) is 19.6 Å². The Hall–Kier alpha value is -3.14. The topological polar surface area (TPSA) is 85.7 Å². The van der Waals surface area contributed by atoms with Crippen LogP contribution in [0, 0.1) is 5.82 Å². The zero-order valence-corrected chi connectivity index (χ0v) is 20.3. The van der Waals surface area contributed by atoms with Crippen LogP contribution in [0.2, 0.25) is 5.02 Å². The first-order chi connectivity index (χ1) is 16.9. The molecule has 3 aromatic rings. The molecule has 0 radical (unpaired) electrons. The van der Waals surface area contributed by atoms with E-state index in [1.54, 1.807) is 42.9 Å². The maximum Gasteiger partial charge on any atom is 0.339 e. The van der Waals surface area contributed by atoms with Crippen molar-refractivity contribution >= 4 is 23.4 Å². The standard InChI is InChI=1S/C25H28ClFN6O2/c1-2-31(17-21-22(26)6-3-7-23(21)27)15-18-13-30-19(14-29-18)16-32-9-11-33(12-10-32)24-20(25(34)35)5-4-8-28-24/h3-8,13-14H,2,9-12,15-17H2,1H3,(H,34,35). The second kappa shape index (κ2) is 11.5. The molecule has 0 spiro atoms. The molecule has 184 valence electrons. The lowest BCUT2D eigenvalue weighted by Gasteiger charge is -2.35. The summed E-state index contributed by atoms with van der Waals surface area (Å²) >= 11 is 6.18. The normalized spacial score (nSPS) is 14.5. The van der Waals surface area contributed by atoms with Gasteiger partial charge in [0.05, 0.1) is 23.8 Å². The van der Waals surface area contributed by atoms with Crippen LogP contribution in [-0.4, -0.2) is 68.6 Å². The summed E-state index contributed by atoms with van der Waals surface area (Å²) in [6.45, 7) is 7.26. The maximum atomic E-state index is 14.2. The molecule has 3 heterocycles. The summed E-state index contributed by atoms with van der Waals surface area (Å²) in [5.41, 5.74) is 2.39. The van der Waals surface area contributed by atoms with Crippen molar-refractivity contribution < 1.29 is 14.3 Å². The Morgan fingerprint density at radius 1 is 1.06 bits per heavy atom. The van der Waals surface area contributed by atoms with Crippen molar-refractivity contribution in [1.82, 2.24) is 24.8 Å². The number of carboxylic acid groups (broad SMARTS) is 1. The third-order valence-electron chi connectivity index (χ3n) is 6.11. The van der Waals surface area contributed by atoms with Crippen LogP contribution in [0.4, 0.5) is 10.2 Å². The quantitative estimate of drug-likeness (QED) is 0.478. The maximum absolute atomic E-state index is 14.2. The molecule has 2 aromatic heterocycles. The van der Waals surface area contributed by atoms with Crippen molar-refractivity contribution in [2.75, 3.05) is 37.6 Å². The first-order valence-corrected chi connectivity index (χ1v) is 11.9. The highest BCUT2D eigenvalue weighted by atomic mass is 35.5. The summed E-state index contributed by atoms with van der Waals surface area (Å²) < 4.78 is 14.2. The smallest absolute Gasteiger partial charge is 0.339 e. The number of benzene rings is 1. The molecule has 1 fully saturated rings. The molecular formula is C25H28ClFN6O2. The second-order valence-electron chi connectivity index (χ2n) is 8.45. The molecule has 0 amide bonds. The highest BCUT2D eigenvalue weighted by Crippen LogP contribution is 2.22. The molecule has 0 bridgehead atoms. The predicted molar refractivity (Wildman–Crippen MR) is 132 cm³/mol. The van der Waals surface area contributed by atoms with Gasteiger partial charge in [0.25, 0.3) is 0 Å². The number of pyridine rings is 1. The summed E-state index contributed by atoms with van der Waals surface area (Å²) in [6, 6.07) is 7.95. The van der Waals surface area contributed by atoms with Crippen LogP contribution in [0.1, 0.15) is 34.2 Å². The third kappa shape index (κ3) is 6.30. The Balaban J connectivity index is 1.31. The lowest BCUT2D eigenvalue weighted by Crippen LogP contribution is -2.46. The van der Waals surface area contributed by atoms with Gasteiger partial charge in [0.2, 0.25) is 0 Å². The molecule has 1 N–H and O–H groups in total. The van der Waals surface area contributed by atoms with Crippen LogP contribution in [0.25, 0.3) is 0 Å². The van der Waals surface area contributed by atoms with E-state index in [0.717, 1.165) is 31.0 Å². The molecule has 1 aliphatic rings. The van der Waals surface area contributed by atoms with Crippen molar-refractivity contribution in [3.05, 3.63) is 82.3 Å². The van der Waals surface area contributed by atoms with E-state index in [1.165, 1.54) is 6.07 Å². The van der Waals surface area contributed by atoms with Crippen LogP contribution in [0.15, 0.2) is 48.9 Å². The highest BCUT2D eigenvalue weighted by Gasteiger charge is 2.22. The van der Waals surface area contributed by atoms with Crippen molar-refractivity contribution in [3.8, 4) is 0 Å². The Labute approximate surface area is 209 Å². The van der Waals surface area contributed by atoms with E-state index in [0.29, 0.717) is 49.1 Å². The lowest BCUT2D eigenvalue weighted by atomic mass is 10.2. The summed E-state index contributed by atoms with van der Waals surface area (Å²) in [6.07, 6.45) is 5.17. The van der Waals surface area contributed by atoms with E-state index in [-0.39, 0.29) is 11.4 Å². The largest absolute Gasteiger partial charge is 0.478 e. The second-order valence-corrected chi connectivity index (χ2v) is 8.85. The number of piperazine rings is 1. The van der Waals surface area contributed by atoms with Gasteiger partial charge in [0.1, 0.15) is 17.2 Å². The average molecular weight is 499 g/mol. The SMILES string of the molecule is CCN(Cc1cnc(CN2CCN(c3ncccc3C(=O)O)CC2)cn1)Cc1c(F)cccc1Cl. The number of nitrogens with zero attached hydrogens (tertiary/aromatic N) is 6. The number of aromatic carboxylic acids is 1. The average Bonchev–Trinajstić information content (AvgIpc) is 2.87. The molecule has 0 saturated carbocycles. The van der Waals surface area contributed by atoms with Gasteiger partial charge < -0.3 is 10.0 Å². The molecule has 0 aliphatic carbocycles. The van der Waals surface area contributed by atoms with Crippen LogP contribution in [0.5, 0.6) is 0 Å². The fraction of sp³-hybridized carbons (Fsp3) is 0.360. The number of hydrogen-bond acceptors (Lipinski definition) is 7. The van der Waals surface area contributed by atoms with Gasteiger partial charge in [0.15, 0.2) is 0 Å². The van der Waals surface area contributed by atoms with E-state index in [1.807, 2.05) is 11.8 Å². The van der Waals surface area contributed by atoms with E-state index in [9.17, 15) is 14.3 Å². The van der Waals surface area contributed by atoms with Crippen molar-refractivity contribution in [2.24, 2.45) is 0 Å². The van der Waals surface area contributed by atoms with Gasteiger partial charge in [-0.05, 0) is 30.8 Å². The number of anilines is 1. The van der Waals surface area contributed by atoms with Crippen molar-refractivity contribution in [2.45, 2.75) is 26.6 Å². The molecule has 1 aliphatic heterocycles. The van der Waals surface area contributed by atoms with Gasteiger partial charge in [-0.25, -0.2) is 14.2 Å². The van der Waals surface area contributed by atoms with E-state index in [4.69, 9.17) is 11.6 Å². The van der Waals surface area contributed by atoms with Gasteiger partial charge in [0, 0.05) is 62.6 Å². The molecule has 0 unspecified atom stereocenters. The summed E-state index contributed by atoms with van der Waals surface area (Å²) in [4.78, 5) is 31.3. The number of carbonyl (C=O) groups is 1. The number of halogens is 2. The Bertz CT molecular complexity index is 1130. The molecule has 10 heteroatoms.